The van der Waals surface area contributed by atoms with Crippen LogP contribution in [0.1, 0.15) is 92.9 Å². The van der Waals surface area contributed by atoms with Crippen LogP contribution in [0.3, 0.4) is 0 Å². The fraction of sp³-hybridized carbons (Fsp3) is 0.925. The first-order valence-electron chi connectivity index (χ1n) is 19.9. The molecule has 308 valence electrons. The summed E-state index contributed by atoms with van der Waals surface area (Å²) in [6, 6.07) is 0. The first-order chi connectivity index (χ1) is 25.1. The number of ether oxygens (including phenoxy) is 4. The molecule has 0 spiro atoms. The van der Waals surface area contributed by atoms with E-state index in [1.54, 1.807) is 6.92 Å². The molecule has 9 N–H and O–H groups in total. The fourth-order valence-corrected chi connectivity index (χ4v) is 13.2. The van der Waals surface area contributed by atoms with Crippen molar-refractivity contribution in [3.8, 4) is 0 Å². The van der Waals surface area contributed by atoms with E-state index >= 15 is 0 Å². The van der Waals surface area contributed by atoms with Gasteiger partial charge in [0.25, 0.3) is 0 Å². The molecular weight excluding hydrogens is 704 g/mol. The van der Waals surface area contributed by atoms with Gasteiger partial charge in [0, 0.05) is 11.3 Å². The molecule has 0 aromatic rings. The number of carbonyl (C=O) groups is 1. The molecule has 2 aliphatic heterocycles. The van der Waals surface area contributed by atoms with Crippen LogP contribution in [0, 0.1) is 50.2 Å². The van der Waals surface area contributed by atoms with E-state index in [9.17, 15) is 50.8 Å². The molecule has 54 heavy (non-hydrogen) atoms. The minimum atomic E-state index is -1.94. The summed E-state index contributed by atoms with van der Waals surface area (Å²) in [5, 5.41) is 97.3. The predicted molar refractivity (Wildman–Crippen MR) is 190 cm³/mol. The van der Waals surface area contributed by atoms with Crippen LogP contribution in [0.25, 0.3) is 0 Å². The second-order valence-corrected chi connectivity index (χ2v) is 20.1. The fourth-order valence-electron chi connectivity index (χ4n) is 13.2. The lowest BCUT2D eigenvalue weighted by Gasteiger charge is -2.72. The van der Waals surface area contributed by atoms with Crippen LogP contribution in [-0.2, 0) is 23.7 Å². The van der Waals surface area contributed by atoms with Gasteiger partial charge in [-0.2, -0.15) is 0 Å². The number of aliphatic hydroxyl groups is 9. The zero-order valence-electron chi connectivity index (χ0n) is 32.6. The van der Waals surface area contributed by atoms with E-state index in [1.165, 1.54) is 5.57 Å². The first kappa shape index (κ1) is 40.9. The van der Waals surface area contributed by atoms with Crippen LogP contribution in [0.4, 0.5) is 0 Å². The number of hydrogen-bond donors (Lipinski definition) is 9. The summed E-state index contributed by atoms with van der Waals surface area (Å²) in [5.41, 5.74) is -4.33. The number of fused-ring (bicyclic) bond motifs is 7. The van der Waals surface area contributed by atoms with Crippen molar-refractivity contribution in [1.82, 2.24) is 0 Å². The van der Waals surface area contributed by atoms with E-state index in [0.29, 0.717) is 38.5 Å². The molecule has 6 fully saturated rings. The standard InChI is InChI=1S/C40H64O14/c1-34(2)9-11-39(33(49)54-31-27(46)26(45)24(16-51-31)53-32-30(48)40(50,18-42)19-52-32)12-10-37(5)20(21(39)13-34)7-8-25-35(3)14-23(44)29(47)36(4,17-41)28(35)22(43)15-38(25,37)6/h7,21-32,41-48,50H,8-19H2,1-6H3/t21?,22-,23-,24?,25?,26?,27?,28?,29+,30+,31?,32-,35-,36+,37-,38-,39+,40-/m1/s1. The summed E-state index contributed by atoms with van der Waals surface area (Å²) in [6.45, 7) is 11.0. The SMILES string of the molecule is CC1(C)CC[C@]2(C(=O)OC3OCC(O[C@H]4OC[C@](O)(CO)[C@H]4O)C(O)C3O)CC[C@]3(C)C(=CCC4[C@@]5(C)C[C@@H](O)[C@H](O)[C@@](C)(CO)C5[C@H](O)C[C@]43C)C2C1. The maximum atomic E-state index is 14.6. The van der Waals surface area contributed by atoms with Crippen molar-refractivity contribution in [2.24, 2.45) is 50.2 Å². The minimum absolute atomic E-state index is 0.0202. The van der Waals surface area contributed by atoms with E-state index in [-0.39, 0.29) is 30.5 Å². The van der Waals surface area contributed by atoms with Gasteiger partial charge >= 0.3 is 5.97 Å². The van der Waals surface area contributed by atoms with Crippen molar-refractivity contribution in [1.29, 1.82) is 0 Å². The molecule has 0 aromatic heterocycles. The van der Waals surface area contributed by atoms with Crippen LogP contribution in [-0.4, -0.2) is 139 Å². The van der Waals surface area contributed by atoms with Crippen molar-refractivity contribution in [3.05, 3.63) is 11.6 Å². The quantitative estimate of drug-likeness (QED) is 0.132. The Hall–Kier alpha value is -1.27. The smallest absolute Gasteiger partial charge is 0.315 e. The molecule has 18 atom stereocenters. The van der Waals surface area contributed by atoms with Gasteiger partial charge in [-0.25, -0.2) is 0 Å². The van der Waals surface area contributed by atoms with Crippen LogP contribution in [0.5, 0.6) is 0 Å². The predicted octanol–water partition coefficient (Wildman–Crippen LogP) is 0.510. The van der Waals surface area contributed by atoms with E-state index in [0.717, 1.165) is 12.8 Å². The molecule has 0 aromatic carbocycles. The number of hydrogen-bond acceptors (Lipinski definition) is 14. The molecule has 5 aliphatic carbocycles. The molecule has 0 amide bonds. The molecule has 7 aliphatic rings. The Kier molecular flexibility index (Phi) is 10.1. The van der Waals surface area contributed by atoms with E-state index < -0.39 is 113 Å². The van der Waals surface area contributed by atoms with Gasteiger partial charge in [-0.15, -0.1) is 0 Å². The molecule has 2 heterocycles. The minimum Gasteiger partial charge on any atom is -0.432 e. The van der Waals surface area contributed by atoms with E-state index in [2.05, 4.69) is 40.7 Å². The zero-order chi connectivity index (χ0) is 39.6. The van der Waals surface area contributed by atoms with Gasteiger partial charge in [0.05, 0.1) is 50.2 Å². The lowest BCUT2D eigenvalue weighted by atomic mass is 9.33. The molecular formula is C40H64O14. The maximum Gasteiger partial charge on any atom is 0.315 e. The van der Waals surface area contributed by atoms with Crippen LogP contribution in [0.2, 0.25) is 0 Å². The Balaban J connectivity index is 1.15. The number of allylic oxidation sites excluding steroid dienone is 2. The first-order valence-corrected chi connectivity index (χ1v) is 19.9. The summed E-state index contributed by atoms with van der Waals surface area (Å²) in [5.74, 6) is -1.12. The second kappa shape index (κ2) is 13.4. The highest BCUT2D eigenvalue weighted by molar-refractivity contribution is 5.79. The van der Waals surface area contributed by atoms with Gasteiger partial charge in [0.1, 0.15) is 30.0 Å². The summed E-state index contributed by atoms with van der Waals surface area (Å²) < 4.78 is 22.7. The molecule has 0 radical (unpaired) electrons. The van der Waals surface area contributed by atoms with Crippen LogP contribution in [0.15, 0.2) is 11.6 Å². The number of carbonyl (C=O) groups excluding carboxylic acids is 1. The van der Waals surface area contributed by atoms with E-state index in [1.807, 2.05) is 0 Å². The van der Waals surface area contributed by atoms with Crippen LogP contribution >= 0.6 is 0 Å². The lowest BCUT2D eigenvalue weighted by molar-refractivity contribution is -0.298. The molecule has 14 nitrogen and oxygen atoms in total. The summed E-state index contributed by atoms with van der Waals surface area (Å²) >= 11 is 0. The Morgan fingerprint density at radius 2 is 1.50 bits per heavy atom. The molecule has 14 heteroatoms. The van der Waals surface area contributed by atoms with Crippen molar-refractivity contribution in [2.45, 2.75) is 154 Å². The third-order valence-electron chi connectivity index (χ3n) is 16.6. The van der Waals surface area contributed by atoms with Gasteiger partial charge in [-0.3, -0.25) is 4.79 Å². The lowest BCUT2D eigenvalue weighted by Crippen LogP contribution is -2.71. The summed E-state index contributed by atoms with van der Waals surface area (Å²) in [7, 11) is 0. The number of aliphatic hydroxyl groups excluding tert-OH is 8. The number of rotatable bonds is 6. The highest BCUT2D eigenvalue weighted by atomic mass is 16.7. The van der Waals surface area contributed by atoms with Crippen LogP contribution < -0.4 is 0 Å². The largest absolute Gasteiger partial charge is 0.432 e. The summed E-state index contributed by atoms with van der Waals surface area (Å²) in [4.78, 5) is 14.6. The monoisotopic (exact) mass is 768 g/mol. The van der Waals surface area contributed by atoms with E-state index in [4.69, 9.17) is 18.9 Å². The van der Waals surface area contributed by atoms with Crippen molar-refractivity contribution in [2.75, 3.05) is 26.4 Å². The van der Waals surface area contributed by atoms with Gasteiger partial charge in [0.15, 0.2) is 6.29 Å². The molecule has 2 saturated heterocycles. The maximum absolute atomic E-state index is 14.6. The normalized spacial score (nSPS) is 55.4. The Labute approximate surface area is 317 Å². The van der Waals surface area contributed by atoms with Crippen molar-refractivity contribution < 1.29 is 69.7 Å². The highest BCUT2D eigenvalue weighted by Crippen LogP contribution is 2.76. The Morgan fingerprint density at radius 1 is 0.815 bits per heavy atom. The van der Waals surface area contributed by atoms with Gasteiger partial charge in [-0.05, 0) is 84.9 Å². The number of esters is 1. The van der Waals surface area contributed by atoms with Crippen molar-refractivity contribution >= 4 is 5.97 Å². The molecule has 4 saturated carbocycles. The molecule has 7 unspecified atom stereocenters. The Bertz CT molecular complexity index is 1490. The zero-order valence-corrected chi connectivity index (χ0v) is 32.6. The third-order valence-corrected chi connectivity index (χ3v) is 16.6. The van der Waals surface area contributed by atoms with Crippen molar-refractivity contribution in [3.63, 3.8) is 0 Å². The topological polar surface area (TPSA) is 236 Å². The third kappa shape index (κ3) is 5.67. The molecule has 0 bridgehead atoms. The van der Waals surface area contributed by atoms with Gasteiger partial charge in [-0.1, -0.05) is 53.2 Å². The van der Waals surface area contributed by atoms with Gasteiger partial charge in [0.2, 0.25) is 6.29 Å². The second-order valence-electron chi connectivity index (χ2n) is 20.1. The van der Waals surface area contributed by atoms with Gasteiger partial charge < -0.3 is 64.9 Å². The Morgan fingerprint density at radius 3 is 2.15 bits per heavy atom. The highest BCUT2D eigenvalue weighted by Gasteiger charge is 2.72. The average molecular weight is 769 g/mol. The summed E-state index contributed by atoms with van der Waals surface area (Å²) in [6.07, 6.45) is -5.12. The molecule has 7 rings (SSSR count). The average Bonchev–Trinajstić information content (AvgIpc) is 3.39.